The third kappa shape index (κ3) is 4.63. The summed E-state index contributed by atoms with van der Waals surface area (Å²) >= 11 is 0. The number of halogens is 3. The molecule has 0 bridgehead atoms. The van der Waals surface area contributed by atoms with Crippen LogP contribution in [-0.2, 0) is 24.2 Å². The summed E-state index contributed by atoms with van der Waals surface area (Å²) in [6.45, 7) is -0.000736. The van der Waals surface area contributed by atoms with Gasteiger partial charge in [0.05, 0.1) is 30.5 Å². The van der Waals surface area contributed by atoms with E-state index in [0.717, 1.165) is 6.07 Å². The van der Waals surface area contributed by atoms with Gasteiger partial charge in [0.2, 0.25) is 0 Å². The fourth-order valence-electron chi connectivity index (χ4n) is 4.00. The first-order valence-electron chi connectivity index (χ1n) is 10.3. The number of nitriles is 1. The summed E-state index contributed by atoms with van der Waals surface area (Å²) in [7, 11) is 1.56. The largest absolute Gasteiger partial charge is 0.369 e. The van der Waals surface area contributed by atoms with Crippen LogP contribution >= 0.6 is 0 Å². The highest BCUT2D eigenvalue weighted by atomic mass is 19.3. The van der Waals surface area contributed by atoms with Gasteiger partial charge >= 0.3 is 6.03 Å². The van der Waals surface area contributed by atoms with Gasteiger partial charge in [0.15, 0.2) is 0 Å². The summed E-state index contributed by atoms with van der Waals surface area (Å²) in [5.74, 6) is -1.01. The number of alkyl halides is 2. The van der Waals surface area contributed by atoms with Crippen LogP contribution < -0.4 is 5.32 Å². The Bertz CT molecular complexity index is 1130. The van der Waals surface area contributed by atoms with E-state index in [4.69, 9.17) is 10.00 Å². The topological polar surface area (TPSA) is 103 Å². The molecular weight excluding hydrogens is 441 g/mol. The van der Waals surface area contributed by atoms with E-state index >= 15 is 0 Å². The summed E-state index contributed by atoms with van der Waals surface area (Å²) < 4.78 is 45.4. The molecular formula is C21H21F3N6O3. The molecule has 33 heavy (non-hydrogen) atoms. The number of anilines is 1. The number of hydrogen-bond acceptors (Lipinski definition) is 5. The molecule has 12 heteroatoms. The molecule has 0 radical (unpaired) electrons. The van der Waals surface area contributed by atoms with E-state index in [1.807, 2.05) is 0 Å². The fraction of sp³-hybridized carbons (Fsp3) is 0.429. The van der Waals surface area contributed by atoms with E-state index < -0.39 is 31.0 Å². The van der Waals surface area contributed by atoms with E-state index in [0.29, 0.717) is 29.9 Å². The lowest BCUT2D eigenvalue weighted by Gasteiger charge is -2.27. The summed E-state index contributed by atoms with van der Waals surface area (Å²) in [5.41, 5.74) is 1.65. The zero-order valence-electron chi connectivity index (χ0n) is 17.7. The highest BCUT2D eigenvalue weighted by molar-refractivity contribution is 5.95. The quantitative estimate of drug-likeness (QED) is 0.751. The number of urea groups is 1. The minimum atomic E-state index is -2.61. The number of carbonyl (C=O) groups excluding carboxylic acids is 2. The van der Waals surface area contributed by atoms with E-state index in [2.05, 4.69) is 10.4 Å². The normalized spacial score (nSPS) is 17.9. The molecule has 1 atom stereocenters. The number of likely N-dealkylation sites (N-methyl/N-ethyl adjacent to an activating group) is 1. The number of fused-ring (bicyclic) bond motifs is 3. The minimum Gasteiger partial charge on any atom is -0.369 e. The van der Waals surface area contributed by atoms with Gasteiger partial charge in [0.25, 0.3) is 12.3 Å². The lowest BCUT2D eigenvalue weighted by Crippen LogP contribution is -2.40. The van der Waals surface area contributed by atoms with Gasteiger partial charge in [-0.05, 0) is 18.2 Å². The second-order valence-corrected chi connectivity index (χ2v) is 7.90. The third-order valence-electron chi connectivity index (χ3n) is 5.59. The average molecular weight is 462 g/mol. The van der Waals surface area contributed by atoms with Crippen molar-refractivity contribution in [1.29, 1.82) is 5.26 Å². The van der Waals surface area contributed by atoms with Crippen LogP contribution in [0.4, 0.5) is 23.7 Å². The number of carbonyl (C=O) groups is 2. The van der Waals surface area contributed by atoms with Gasteiger partial charge in [-0.15, -0.1) is 0 Å². The molecule has 1 aromatic carbocycles. The van der Waals surface area contributed by atoms with Crippen LogP contribution in [0.5, 0.6) is 0 Å². The van der Waals surface area contributed by atoms with Crippen molar-refractivity contribution in [3.8, 4) is 6.07 Å². The highest BCUT2D eigenvalue weighted by Gasteiger charge is 2.35. The third-order valence-corrected chi connectivity index (χ3v) is 5.59. The number of ether oxygens (including phenoxy) is 1. The number of rotatable bonds is 4. The Balaban J connectivity index is 1.53. The van der Waals surface area contributed by atoms with E-state index in [1.54, 1.807) is 13.1 Å². The summed E-state index contributed by atoms with van der Waals surface area (Å²) in [6, 6.07) is 4.95. The predicted octanol–water partition coefficient (Wildman–Crippen LogP) is 2.22. The molecule has 3 amide bonds. The molecule has 1 N–H and O–H groups in total. The van der Waals surface area contributed by atoms with Crippen molar-refractivity contribution in [2.24, 2.45) is 0 Å². The van der Waals surface area contributed by atoms with Crippen molar-refractivity contribution in [1.82, 2.24) is 19.6 Å². The maximum atomic E-state index is 13.5. The van der Waals surface area contributed by atoms with Crippen molar-refractivity contribution < 1.29 is 27.5 Å². The Morgan fingerprint density at radius 2 is 2.18 bits per heavy atom. The van der Waals surface area contributed by atoms with E-state index in [1.165, 1.54) is 26.6 Å². The lowest BCUT2D eigenvalue weighted by molar-refractivity contribution is -0.0362. The van der Waals surface area contributed by atoms with Gasteiger partial charge < -0.3 is 19.9 Å². The van der Waals surface area contributed by atoms with Crippen LogP contribution in [0.1, 0.15) is 27.3 Å². The van der Waals surface area contributed by atoms with Crippen molar-refractivity contribution >= 4 is 17.6 Å². The number of nitrogens with one attached hydrogen (secondary N) is 1. The van der Waals surface area contributed by atoms with Gasteiger partial charge in [-0.25, -0.2) is 18.0 Å². The van der Waals surface area contributed by atoms with Crippen LogP contribution in [0, 0.1) is 17.1 Å². The average Bonchev–Trinajstić information content (AvgIpc) is 3.09. The fourth-order valence-corrected chi connectivity index (χ4v) is 4.00. The number of amides is 3. The molecule has 0 aliphatic carbocycles. The van der Waals surface area contributed by atoms with Crippen molar-refractivity contribution in [3.05, 3.63) is 46.5 Å². The number of hydrogen-bond donors (Lipinski definition) is 1. The molecule has 174 valence electrons. The summed E-state index contributed by atoms with van der Waals surface area (Å²) in [6.07, 6.45) is -2.85. The van der Waals surface area contributed by atoms with Gasteiger partial charge in [-0.3, -0.25) is 9.48 Å². The van der Waals surface area contributed by atoms with Gasteiger partial charge in [0.1, 0.15) is 24.2 Å². The van der Waals surface area contributed by atoms with Crippen LogP contribution in [0.3, 0.4) is 0 Å². The summed E-state index contributed by atoms with van der Waals surface area (Å²) in [5, 5.41) is 16.1. The molecule has 2 aromatic rings. The first kappa shape index (κ1) is 22.6. The SMILES string of the molecule is CN1C[C@@H](OCC(F)F)Cn2nc3c(c2C1=O)CN(C(=O)Nc1ccc(F)c(C#N)c1)CC3. The molecule has 4 rings (SSSR count). The second kappa shape index (κ2) is 9.11. The van der Waals surface area contributed by atoms with Gasteiger partial charge in [0, 0.05) is 37.8 Å². The Kier molecular flexibility index (Phi) is 6.24. The maximum Gasteiger partial charge on any atom is 0.322 e. The van der Waals surface area contributed by atoms with Crippen LogP contribution in [0.2, 0.25) is 0 Å². The molecule has 9 nitrogen and oxygen atoms in total. The first-order chi connectivity index (χ1) is 15.8. The van der Waals surface area contributed by atoms with Crippen LogP contribution in [-0.4, -0.2) is 70.8 Å². The standard InChI is InChI=1S/C21H21F3N6O3/c1-28-8-14(33-11-18(23)24)9-30-19(20(28)31)15-10-29(5-4-17(15)27-30)21(32)26-13-2-3-16(22)12(6-13)7-25/h2-3,6,14,18H,4-5,8-11H2,1H3,(H,26,32)/t14-/m1/s1. The van der Waals surface area contributed by atoms with Crippen molar-refractivity contribution in [3.63, 3.8) is 0 Å². The van der Waals surface area contributed by atoms with Crippen LogP contribution in [0.15, 0.2) is 18.2 Å². The Morgan fingerprint density at radius 1 is 1.39 bits per heavy atom. The Hall–Kier alpha value is -3.59. The summed E-state index contributed by atoms with van der Waals surface area (Å²) in [4.78, 5) is 28.7. The van der Waals surface area contributed by atoms with E-state index in [-0.39, 0.29) is 36.8 Å². The highest BCUT2D eigenvalue weighted by Crippen LogP contribution is 2.26. The lowest BCUT2D eigenvalue weighted by atomic mass is 10.0. The molecule has 3 heterocycles. The smallest absolute Gasteiger partial charge is 0.322 e. The van der Waals surface area contributed by atoms with Crippen molar-refractivity contribution in [2.75, 3.05) is 32.1 Å². The molecule has 2 aliphatic rings. The molecule has 2 aliphatic heterocycles. The molecule has 0 fully saturated rings. The minimum absolute atomic E-state index is 0.116. The number of aromatic nitrogens is 2. The maximum absolute atomic E-state index is 13.5. The second-order valence-electron chi connectivity index (χ2n) is 7.90. The molecule has 1 aromatic heterocycles. The number of benzene rings is 1. The molecule has 0 spiro atoms. The van der Waals surface area contributed by atoms with E-state index in [9.17, 15) is 22.8 Å². The monoisotopic (exact) mass is 462 g/mol. The van der Waals surface area contributed by atoms with Crippen LogP contribution in [0.25, 0.3) is 0 Å². The van der Waals surface area contributed by atoms with Gasteiger partial charge in [-0.1, -0.05) is 0 Å². The molecule has 0 unspecified atom stereocenters. The zero-order chi connectivity index (χ0) is 23.7. The van der Waals surface area contributed by atoms with Crippen molar-refractivity contribution in [2.45, 2.75) is 32.0 Å². The zero-order valence-corrected chi connectivity index (χ0v) is 17.7. The Labute approximate surface area is 187 Å². The first-order valence-corrected chi connectivity index (χ1v) is 10.3. The number of nitrogens with zero attached hydrogens (tertiary/aromatic N) is 5. The molecule has 0 saturated carbocycles. The molecule has 0 saturated heterocycles. The predicted molar refractivity (Wildman–Crippen MR) is 109 cm³/mol. The van der Waals surface area contributed by atoms with Gasteiger partial charge in [-0.2, -0.15) is 10.4 Å². The Morgan fingerprint density at radius 3 is 2.91 bits per heavy atom.